The molecule has 0 aliphatic heterocycles. The Morgan fingerprint density at radius 2 is 1.27 bits per heavy atom. The molecule has 30 heavy (non-hydrogen) atoms. The van der Waals surface area contributed by atoms with Crippen molar-refractivity contribution in [3.63, 3.8) is 0 Å². The van der Waals surface area contributed by atoms with E-state index in [2.05, 4.69) is 113 Å². The van der Waals surface area contributed by atoms with Crippen LogP contribution in [-0.4, -0.2) is 9.55 Å². The zero-order valence-electron chi connectivity index (χ0n) is 16.3. The molecule has 1 N–H and O–H groups in total. The molecule has 0 bridgehead atoms. The summed E-state index contributed by atoms with van der Waals surface area (Å²) in [4.78, 5) is 3.62. The molecule has 0 saturated carbocycles. The number of aromatic nitrogens is 2. The number of nitrogens with one attached hydrogen (secondary N) is 1. The summed E-state index contributed by atoms with van der Waals surface area (Å²) >= 11 is 0. The van der Waals surface area contributed by atoms with Crippen LogP contribution in [-0.2, 0) is 0 Å². The van der Waals surface area contributed by atoms with Gasteiger partial charge in [-0.05, 0) is 41.1 Å². The highest BCUT2D eigenvalue weighted by atomic mass is 15.0. The van der Waals surface area contributed by atoms with Gasteiger partial charge in [-0.15, -0.1) is 0 Å². The number of rotatable bonds is 1. The lowest BCUT2D eigenvalue weighted by Gasteiger charge is -2.09. The van der Waals surface area contributed by atoms with Crippen molar-refractivity contribution in [2.45, 2.75) is 0 Å². The second-order valence-electron chi connectivity index (χ2n) is 7.91. The first kappa shape index (κ1) is 15.8. The molecule has 2 heteroatoms. The van der Waals surface area contributed by atoms with E-state index in [1.165, 1.54) is 60.1 Å². The van der Waals surface area contributed by atoms with Gasteiger partial charge >= 0.3 is 0 Å². The molecule has 2 heterocycles. The van der Waals surface area contributed by atoms with E-state index in [0.29, 0.717) is 0 Å². The van der Waals surface area contributed by atoms with Crippen molar-refractivity contribution in [1.82, 2.24) is 9.55 Å². The van der Waals surface area contributed by atoms with Crippen LogP contribution in [0.2, 0.25) is 0 Å². The number of para-hydroxylation sites is 2. The van der Waals surface area contributed by atoms with Crippen molar-refractivity contribution in [2.75, 3.05) is 0 Å². The van der Waals surface area contributed by atoms with Crippen LogP contribution < -0.4 is 0 Å². The average Bonchev–Trinajstić information content (AvgIpc) is 3.35. The number of hydrogen-bond acceptors (Lipinski definition) is 0. The third-order valence-electron chi connectivity index (χ3n) is 6.30. The van der Waals surface area contributed by atoms with E-state index in [1.807, 2.05) is 0 Å². The van der Waals surface area contributed by atoms with Gasteiger partial charge in [0.15, 0.2) is 0 Å². The maximum atomic E-state index is 3.62. The molecule has 0 atom stereocenters. The molecule has 7 aromatic rings. The monoisotopic (exact) mass is 382 g/mol. The average molecular weight is 382 g/mol. The normalized spacial score (nSPS) is 12.0. The van der Waals surface area contributed by atoms with E-state index in [1.54, 1.807) is 0 Å². The SMILES string of the molecule is c1ccc(-n2c3ccc4ccccc4c3c3ccc4[nH]c5ccccc5c4c32)cc1. The van der Waals surface area contributed by atoms with E-state index in [9.17, 15) is 0 Å². The molecule has 140 valence electrons. The Hall–Kier alpha value is -4.04. The van der Waals surface area contributed by atoms with Crippen molar-refractivity contribution < 1.29 is 0 Å². The molecule has 2 aromatic heterocycles. The molecule has 7 rings (SSSR count). The fourth-order valence-corrected chi connectivity index (χ4v) is 5.05. The summed E-state index contributed by atoms with van der Waals surface area (Å²) in [7, 11) is 0. The fourth-order valence-electron chi connectivity index (χ4n) is 5.05. The van der Waals surface area contributed by atoms with Crippen LogP contribution in [0.3, 0.4) is 0 Å². The van der Waals surface area contributed by atoms with Crippen molar-refractivity contribution in [3.8, 4) is 5.69 Å². The van der Waals surface area contributed by atoms with Crippen LogP contribution in [0, 0.1) is 0 Å². The Morgan fingerprint density at radius 1 is 0.500 bits per heavy atom. The summed E-state index contributed by atoms with van der Waals surface area (Å²) < 4.78 is 2.43. The van der Waals surface area contributed by atoms with Gasteiger partial charge in [-0.25, -0.2) is 0 Å². The fraction of sp³-hybridized carbons (Fsp3) is 0. The highest BCUT2D eigenvalue weighted by Crippen LogP contribution is 2.41. The second-order valence-corrected chi connectivity index (χ2v) is 7.91. The van der Waals surface area contributed by atoms with Gasteiger partial charge in [-0.3, -0.25) is 0 Å². The first-order valence-electron chi connectivity index (χ1n) is 10.3. The molecule has 0 amide bonds. The topological polar surface area (TPSA) is 20.7 Å². The lowest BCUT2D eigenvalue weighted by molar-refractivity contribution is 1.19. The zero-order chi connectivity index (χ0) is 19.7. The highest BCUT2D eigenvalue weighted by Gasteiger charge is 2.19. The van der Waals surface area contributed by atoms with E-state index >= 15 is 0 Å². The number of H-pyrrole nitrogens is 1. The van der Waals surface area contributed by atoms with Gasteiger partial charge in [-0.1, -0.05) is 72.8 Å². The van der Waals surface area contributed by atoms with E-state index in [-0.39, 0.29) is 0 Å². The number of benzene rings is 5. The van der Waals surface area contributed by atoms with E-state index in [0.717, 1.165) is 0 Å². The predicted octanol–water partition coefficient (Wildman–Crippen LogP) is 7.57. The first-order valence-corrected chi connectivity index (χ1v) is 10.3. The van der Waals surface area contributed by atoms with Crippen LogP contribution in [0.15, 0.2) is 103 Å². The summed E-state index contributed by atoms with van der Waals surface area (Å²) in [6.07, 6.45) is 0. The Bertz CT molecular complexity index is 1730. The van der Waals surface area contributed by atoms with Crippen molar-refractivity contribution in [3.05, 3.63) is 103 Å². The van der Waals surface area contributed by atoms with Crippen LogP contribution in [0.25, 0.3) is 60.1 Å². The van der Waals surface area contributed by atoms with Gasteiger partial charge in [0.05, 0.1) is 11.0 Å². The molecular weight excluding hydrogens is 364 g/mol. The second kappa shape index (κ2) is 5.74. The van der Waals surface area contributed by atoms with Crippen molar-refractivity contribution in [2.24, 2.45) is 0 Å². The molecule has 0 aliphatic carbocycles. The van der Waals surface area contributed by atoms with Gasteiger partial charge in [0.2, 0.25) is 0 Å². The molecule has 0 radical (unpaired) electrons. The quantitative estimate of drug-likeness (QED) is 0.302. The summed E-state index contributed by atoms with van der Waals surface area (Å²) in [5, 5.41) is 7.74. The Morgan fingerprint density at radius 3 is 2.17 bits per heavy atom. The predicted molar refractivity (Wildman–Crippen MR) is 128 cm³/mol. The lowest BCUT2D eigenvalue weighted by atomic mass is 10.0. The van der Waals surface area contributed by atoms with Gasteiger partial charge in [0, 0.05) is 38.3 Å². The molecule has 0 fully saturated rings. The molecule has 0 saturated heterocycles. The number of nitrogens with zero attached hydrogens (tertiary/aromatic N) is 1. The third-order valence-corrected chi connectivity index (χ3v) is 6.30. The van der Waals surface area contributed by atoms with Crippen molar-refractivity contribution >= 4 is 54.4 Å². The minimum absolute atomic E-state index is 1.17. The number of aromatic amines is 1. The number of hydrogen-bond donors (Lipinski definition) is 1. The molecule has 5 aromatic carbocycles. The molecular formula is C28H18N2. The molecule has 0 spiro atoms. The van der Waals surface area contributed by atoms with E-state index in [4.69, 9.17) is 0 Å². The zero-order valence-corrected chi connectivity index (χ0v) is 16.3. The van der Waals surface area contributed by atoms with Crippen LogP contribution in [0.1, 0.15) is 0 Å². The molecule has 0 unspecified atom stereocenters. The van der Waals surface area contributed by atoms with Crippen LogP contribution in [0.5, 0.6) is 0 Å². The summed E-state index contributed by atoms with van der Waals surface area (Å²) in [5.74, 6) is 0. The Labute approximate surface area is 173 Å². The summed E-state index contributed by atoms with van der Waals surface area (Å²) in [6.45, 7) is 0. The highest BCUT2D eigenvalue weighted by molar-refractivity contribution is 6.29. The van der Waals surface area contributed by atoms with Gasteiger partial charge in [-0.2, -0.15) is 0 Å². The standard InChI is InChI=1S/C28H18N2/c1-2-9-19(10-3-1)30-25-17-14-18-8-4-5-11-20(18)26(25)22-15-16-24-27(28(22)30)21-12-6-7-13-23(21)29-24/h1-17,29H. The maximum Gasteiger partial charge on any atom is 0.0641 e. The number of fused-ring (bicyclic) bond motifs is 9. The van der Waals surface area contributed by atoms with E-state index < -0.39 is 0 Å². The summed E-state index contributed by atoms with van der Waals surface area (Å²) in [6, 6.07) is 37.0. The minimum atomic E-state index is 1.17. The first-order chi connectivity index (χ1) is 14.9. The van der Waals surface area contributed by atoms with Crippen LogP contribution >= 0.6 is 0 Å². The van der Waals surface area contributed by atoms with Crippen LogP contribution in [0.4, 0.5) is 0 Å². The van der Waals surface area contributed by atoms with Gasteiger partial charge < -0.3 is 9.55 Å². The Kier molecular flexibility index (Phi) is 3.03. The smallest absolute Gasteiger partial charge is 0.0641 e. The largest absolute Gasteiger partial charge is 0.354 e. The summed E-state index contributed by atoms with van der Waals surface area (Å²) in [5.41, 5.74) is 6.04. The van der Waals surface area contributed by atoms with Gasteiger partial charge in [0.1, 0.15) is 0 Å². The Balaban J connectivity index is 1.84. The van der Waals surface area contributed by atoms with Crippen molar-refractivity contribution in [1.29, 1.82) is 0 Å². The molecule has 0 aliphatic rings. The minimum Gasteiger partial charge on any atom is -0.354 e. The maximum absolute atomic E-state index is 3.62. The third kappa shape index (κ3) is 1.98. The van der Waals surface area contributed by atoms with Gasteiger partial charge in [0.25, 0.3) is 0 Å². The molecule has 2 nitrogen and oxygen atoms in total. The lowest BCUT2D eigenvalue weighted by Crippen LogP contribution is -1.93.